The van der Waals surface area contributed by atoms with Crippen LogP contribution in [0.4, 0.5) is 5.69 Å². The monoisotopic (exact) mass is 357 g/mol. The van der Waals surface area contributed by atoms with Crippen LogP contribution in [0.1, 0.15) is 59.3 Å². The molecule has 2 heteroatoms. The SMILES string of the molecule is Cc1cccc(NC(CC(=O)c2ccccc2)c2ccc(C(C)C)cc2)c1. The Morgan fingerprint density at radius 2 is 1.52 bits per heavy atom. The first kappa shape index (κ1) is 18.9. The molecule has 3 aromatic carbocycles. The highest BCUT2D eigenvalue weighted by Crippen LogP contribution is 2.26. The third kappa shape index (κ3) is 5.07. The maximum atomic E-state index is 12.8. The van der Waals surface area contributed by atoms with Crippen molar-refractivity contribution >= 4 is 11.5 Å². The zero-order chi connectivity index (χ0) is 19.2. The Bertz CT molecular complexity index is 882. The highest BCUT2D eigenvalue weighted by molar-refractivity contribution is 5.96. The number of ketones is 1. The van der Waals surface area contributed by atoms with Crippen molar-refractivity contribution in [2.75, 3.05) is 5.32 Å². The van der Waals surface area contributed by atoms with Crippen LogP contribution >= 0.6 is 0 Å². The van der Waals surface area contributed by atoms with Gasteiger partial charge in [0.15, 0.2) is 5.78 Å². The molecule has 0 amide bonds. The second kappa shape index (κ2) is 8.68. The Kier molecular flexibility index (Phi) is 6.08. The fourth-order valence-electron chi connectivity index (χ4n) is 3.23. The Balaban J connectivity index is 1.87. The zero-order valence-electron chi connectivity index (χ0n) is 16.3. The van der Waals surface area contributed by atoms with Gasteiger partial charge in [0.1, 0.15) is 0 Å². The number of hydrogen-bond acceptors (Lipinski definition) is 2. The van der Waals surface area contributed by atoms with Gasteiger partial charge in [0.05, 0.1) is 6.04 Å². The number of carbonyl (C=O) groups excluding carboxylic acids is 1. The molecule has 0 aliphatic carbocycles. The van der Waals surface area contributed by atoms with Crippen LogP contribution in [0.2, 0.25) is 0 Å². The van der Waals surface area contributed by atoms with E-state index in [1.807, 2.05) is 36.4 Å². The van der Waals surface area contributed by atoms with Crippen molar-refractivity contribution in [1.82, 2.24) is 0 Å². The zero-order valence-corrected chi connectivity index (χ0v) is 16.3. The summed E-state index contributed by atoms with van der Waals surface area (Å²) < 4.78 is 0. The Labute approximate surface area is 162 Å². The van der Waals surface area contributed by atoms with Crippen molar-refractivity contribution in [3.05, 3.63) is 101 Å². The molecule has 0 saturated heterocycles. The predicted molar refractivity (Wildman–Crippen MR) is 113 cm³/mol. The van der Waals surface area contributed by atoms with Crippen molar-refractivity contribution < 1.29 is 4.79 Å². The summed E-state index contributed by atoms with van der Waals surface area (Å²) in [7, 11) is 0. The predicted octanol–water partition coefficient (Wildman–Crippen LogP) is 6.54. The number of Topliss-reactive ketones (excluding diaryl/α,β-unsaturated/α-hetero) is 1. The van der Waals surface area contributed by atoms with Crippen molar-refractivity contribution in [3.8, 4) is 0 Å². The number of nitrogens with one attached hydrogen (secondary N) is 1. The smallest absolute Gasteiger partial charge is 0.165 e. The van der Waals surface area contributed by atoms with Gasteiger partial charge >= 0.3 is 0 Å². The van der Waals surface area contributed by atoms with Crippen LogP contribution in [0.25, 0.3) is 0 Å². The summed E-state index contributed by atoms with van der Waals surface area (Å²) in [4.78, 5) is 12.8. The van der Waals surface area contributed by atoms with E-state index in [0.717, 1.165) is 16.8 Å². The molecule has 0 aliphatic rings. The fraction of sp³-hybridized carbons (Fsp3) is 0.240. The molecule has 2 nitrogen and oxygen atoms in total. The molecule has 0 aliphatic heterocycles. The van der Waals surface area contributed by atoms with E-state index in [1.54, 1.807) is 0 Å². The largest absolute Gasteiger partial charge is 0.378 e. The van der Waals surface area contributed by atoms with Gasteiger partial charge in [-0.1, -0.05) is 80.6 Å². The lowest BCUT2D eigenvalue weighted by Crippen LogP contribution is -2.16. The number of hydrogen-bond donors (Lipinski definition) is 1. The van der Waals surface area contributed by atoms with Crippen LogP contribution in [0, 0.1) is 6.92 Å². The van der Waals surface area contributed by atoms with Gasteiger partial charge in [-0.3, -0.25) is 4.79 Å². The minimum atomic E-state index is -0.0688. The van der Waals surface area contributed by atoms with Crippen LogP contribution < -0.4 is 5.32 Å². The molecule has 0 heterocycles. The van der Waals surface area contributed by atoms with Gasteiger partial charge in [-0.2, -0.15) is 0 Å². The van der Waals surface area contributed by atoms with Crippen LogP contribution in [0.5, 0.6) is 0 Å². The van der Waals surface area contributed by atoms with Crippen molar-refractivity contribution in [2.24, 2.45) is 0 Å². The lowest BCUT2D eigenvalue weighted by Gasteiger charge is -2.21. The summed E-state index contributed by atoms with van der Waals surface area (Å²) in [5.41, 5.74) is 5.43. The lowest BCUT2D eigenvalue weighted by molar-refractivity contribution is 0.0976. The summed E-state index contributed by atoms with van der Waals surface area (Å²) in [6.07, 6.45) is 0.416. The third-order valence-corrected chi connectivity index (χ3v) is 4.85. The van der Waals surface area contributed by atoms with E-state index < -0.39 is 0 Å². The minimum Gasteiger partial charge on any atom is -0.378 e. The molecule has 138 valence electrons. The van der Waals surface area contributed by atoms with Gasteiger partial charge in [-0.25, -0.2) is 0 Å². The first-order valence-electron chi connectivity index (χ1n) is 9.54. The van der Waals surface area contributed by atoms with Gasteiger partial charge in [0, 0.05) is 17.7 Å². The molecule has 1 N–H and O–H groups in total. The molecule has 0 spiro atoms. The first-order valence-corrected chi connectivity index (χ1v) is 9.54. The maximum absolute atomic E-state index is 12.8. The van der Waals surface area contributed by atoms with E-state index >= 15 is 0 Å². The number of aryl methyl sites for hydroxylation is 1. The van der Waals surface area contributed by atoms with Gasteiger partial charge < -0.3 is 5.32 Å². The minimum absolute atomic E-state index is 0.0688. The van der Waals surface area contributed by atoms with Crippen molar-refractivity contribution in [3.63, 3.8) is 0 Å². The third-order valence-electron chi connectivity index (χ3n) is 4.85. The molecular weight excluding hydrogens is 330 g/mol. The normalized spacial score (nSPS) is 12.0. The second-order valence-corrected chi connectivity index (χ2v) is 7.38. The van der Waals surface area contributed by atoms with Crippen LogP contribution in [0.15, 0.2) is 78.9 Å². The summed E-state index contributed by atoms with van der Waals surface area (Å²) in [6, 6.07) is 26.3. The topological polar surface area (TPSA) is 29.1 Å². The molecule has 0 radical (unpaired) electrons. The molecule has 3 rings (SSSR count). The number of benzene rings is 3. The van der Waals surface area contributed by atoms with E-state index in [1.165, 1.54) is 11.1 Å². The number of anilines is 1. The van der Waals surface area contributed by atoms with E-state index in [2.05, 4.69) is 68.6 Å². The molecule has 3 aromatic rings. The van der Waals surface area contributed by atoms with E-state index in [0.29, 0.717) is 12.3 Å². The molecule has 0 aromatic heterocycles. The summed E-state index contributed by atoms with van der Waals surface area (Å²) in [6.45, 7) is 6.46. The highest BCUT2D eigenvalue weighted by Gasteiger charge is 2.17. The van der Waals surface area contributed by atoms with Crippen LogP contribution in [-0.2, 0) is 0 Å². The lowest BCUT2D eigenvalue weighted by atomic mass is 9.94. The summed E-state index contributed by atoms with van der Waals surface area (Å²) in [5, 5.41) is 3.56. The molecule has 1 unspecified atom stereocenters. The quantitative estimate of drug-likeness (QED) is 0.486. The highest BCUT2D eigenvalue weighted by atomic mass is 16.1. The van der Waals surface area contributed by atoms with Crippen molar-refractivity contribution in [1.29, 1.82) is 0 Å². The Morgan fingerprint density at radius 1 is 0.852 bits per heavy atom. The number of rotatable bonds is 7. The van der Waals surface area contributed by atoms with E-state index in [4.69, 9.17) is 0 Å². The van der Waals surface area contributed by atoms with Gasteiger partial charge in [0.25, 0.3) is 0 Å². The molecule has 0 bridgehead atoms. The molecule has 27 heavy (non-hydrogen) atoms. The van der Waals surface area contributed by atoms with Crippen LogP contribution in [-0.4, -0.2) is 5.78 Å². The number of carbonyl (C=O) groups is 1. The van der Waals surface area contributed by atoms with E-state index in [-0.39, 0.29) is 11.8 Å². The van der Waals surface area contributed by atoms with Crippen molar-refractivity contribution in [2.45, 2.75) is 39.2 Å². The van der Waals surface area contributed by atoms with Crippen LogP contribution in [0.3, 0.4) is 0 Å². The van der Waals surface area contributed by atoms with Gasteiger partial charge in [-0.05, 0) is 41.7 Å². The van der Waals surface area contributed by atoms with E-state index in [9.17, 15) is 4.79 Å². The maximum Gasteiger partial charge on any atom is 0.165 e. The molecular formula is C25H27NO. The van der Waals surface area contributed by atoms with Gasteiger partial charge in [0.2, 0.25) is 0 Å². The average Bonchev–Trinajstić information content (AvgIpc) is 2.68. The fourth-order valence-corrected chi connectivity index (χ4v) is 3.23. The first-order chi connectivity index (χ1) is 13.0. The summed E-state index contributed by atoms with van der Waals surface area (Å²) in [5.74, 6) is 0.641. The molecule has 0 saturated carbocycles. The summed E-state index contributed by atoms with van der Waals surface area (Å²) >= 11 is 0. The Morgan fingerprint density at radius 3 is 2.15 bits per heavy atom. The van der Waals surface area contributed by atoms with Gasteiger partial charge in [-0.15, -0.1) is 0 Å². The molecule has 1 atom stereocenters. The molecule has 0 fully saturated rings. The second-order valence-electron chi connectivity index (χ2n) is 7.38. The Hall–Kier alpha value is -2.87. The standard InChI is InChI=1S/C25H27NO/c1-18(2)20-12-14-21(15-13-20)24(26-23-11-7-8-19(3)16-23)17-25(27)22-9-5-4-6-10-22/h4-16,18,24,26H,17H2,1-3H3. The average molecular weight is 357 g/mol.